The number of hydrogen-bond donors (Lipinski definition) is 1. The lowest BCUT2D eigenvalue weighted by Crippen LogP contribution is -2.25. The Morgan fingerprint density at radius 3 is 2.55 bits per heavy atom. The third-order valence-electron chi connectivity index (χ3n) is 4.63. The summed E-state index contributed by atoms with van der Waals surface area (Å²) in [5.41, 5.74) is 3.08. The number of amides is 1. The number of aromatic nitrogens is 4. The summed E-state index contributed by atoms with van der Waals surface area (Å²) in [4.78, 5) is 30.0. The standard InChI is InChI=1S/C22H20FN5O2S/c1-14-3-5-15(6-4-14)11-28-21(30)20-18(12-27(2)26-20)25-22(28)31-13-19(29)24-17-9-7-16(23)8-10-17/h3-10,12H,11,13H2,1-2H3,(H,24,29). The number of aryl methyl sites for hydroxylation is 2. The summed E-state index contributed by atoms with van der Waals surface area (Å²) in [5, 5.41) is 7.37. The van der Waals surface area contributed by atoms with E-state index < -0.39 is 0 Å². The zero-order chi connectivity index (χ0) is 22.0. The number of nitrogens with zero attached hydrogens (tertiary/aromatic N) is 4. The van der Waals surface area contributed by atoms with Gasteiger partial charge in [-0.2, -0.15) is 5.10 Å². The van der Waals surface area contributed by atoms with Crippen LogP contribution in [0.5, 0.6) is 0 Å². The second-order valence-corrected chi connectivity index (χ2v) is 8.09. The average molecular weight is 438 g/mol. The Kier molecular flexibility index (Phi) is 5.85. The van der Waals surface area contributed by atoms with Crippen molar-refractivity contribution in [2.75, 3.05) is 11.1 Å². The minimum atomic E-state index is -0.374. The highest BCUT2D eigenvalue weighted by molar-refractivity contribution is 7.99. The summed E-state index contributed by atoms with van der Waals surface area (Å²) >= 11 is 1.17. The van der Waals surface area contributed by atoms with Gasteiger partial charge in [-0.1, -0.05) is 41.6 Å². The monoisotopic (exact) mass is 437 g/mol. The van der Waals surface area contributed by atoms with Crippen LogP contribution in [0.3, 0.4) is 0 Å². The summed E-state index contributed by atoms with van der Waals surface area (Å²) in [7, 11) is 1.73. The number of carbonyl (C=O) groups excluding carboxylic acids is 1. The molecule has 0 atom stereocenters. The molecule has 1 N–H and O–H groups in total. The molecule has 0 spiro atoms. The van der Waals surface area contributed by atoms with Gasteiger partial charge < -0.3 is 5.32 Å². The van der Waals surface area contributed by atoms with E-state index in [1.54, 1.807) is 17.9 Å². The van der Waals surface area contributed by atoms with Crippen LogP contribution in [0.1, 0.15) is 11.1 Å². The van der Waals surface area contributed by atoms with Crippen molar-refractivity contribution in [1.82, 2.24) is 19.3 Å². The number of halogens is 1. The molecule has 1 amide bonds. The molecule has 158 valence electrons. The van der Waals surface area contributed by atoms with Gasteiger partial charge in [-0.3, -0.25) is 18.8 Å². The van der Waals surface area contributed by atoms with Crippen molar-refractivity contribution < 1.29 is 9.18 Å². The predicted molar refractivity (Wildman–Crippen MR) is 119 cm³/mol. The molecule has 2 heterocycles. The highest BCUT2D eigenvalue weighted by atomic mass is 32.2. The molecule has 2 aromatic heterocycles. The summed E-state index contributed by atoms with van der Waals surface area (Å²) < 4.78 is 16.1. The second kappa shape index (κ2) is 8.73. The zero-order valence-electron chi connectivity index (χ0n) is 17.0. The quantitative estimate of drug-likeness (QED) is 0.370. The first-order valence-corrected chi connectivity index (χ1v) is 10.6. The Balaban J connectivity index is 1.60. The fourth-order valence-corrected chi connectivity index (χ4v) is 3.87. The van der Waals surface area contributed by atoms with E-state index in [2.05, 4.69) is 15.4 Å². The molecular weight excluding hydrogens is 417 g/mol. The minimum Gasteiger partial charge on any atom is -0.325 e. The fraction of sp³-hybridized carbons (Fsp3) is 0.182. The molecule has 4 rings (SSSR count). The molecule has 2 aromatic carbocycles. The van der Waals surface area contributed by atoms with Crippen molar-refractivity contribution in [3.8, 4) is 0 Å². The molecule has 0 saturated heterocycles. The number of thioether (sulfide) groups is 1. The molecule has 0 bridgehead atoms. The maximum Gasteiger partial charge on any atom is 0.282 e. The Morgan fingerprint density at radius 2 is 1.84 bits per heavy atom. The molecule has 0 unspecified atom stereocenters. The van der Waals surface area contributed by atoms with Crippen molar-refractivity contribution in [3.05, 3.63) is 82.0 Å². The molecule has 4 aromatic rings. The Labute approximate surface area is 181 Å². The van der Waals surface area contributed by atoms with Crippen LogP contribution < -0.4 is 10.9 Å². The van der Waals surface area contributed by atoms with E-state index in [-0.39, 0.29) is 28.6 Å². The maximum absolute atomic E-state index is 13.1. The van der Waals surface area contributed by atoms with Crippen LogP contribution in [-0.2, 0) is 18.4 Å². The van der Waals surface area contributed by atoms with Crippen molar-refractivity contribution in [1.29, 1.82) is 0 Å². The first-order valence-electron chi connectivity index (χ1n) is 9.57. The summed E-state index contributed by atoms with van der Waals surface area (Å²) in [6, 6.07) is 13.4. The highest BCUT2D eigenvalue weighted by Gasteiger charge is 2.16. The fourth-order valence-electron chi connectivity index (χ4n) is 3.07. The van der Waals surface area contributed by atoms with Crippen LogP contribution in [-0.4, -0.2) is 31.0 Å². The number of carbonyl (C=O) groups is 1. The van der Waals surface area contributed by atoms with E-state index in [1.807, 2.05) is 31.2 Å². The SMILES string of the molecule is Cc1ccc(Cn2c(SCC(=O)Nc3ccc(F)cc3)nc3cn(C)nc3c2=O)cc1. The van der Waals surface area contributed by atoms with Crippen molar-refractivity contribution in [2.24, 2.45) is 7.05 Å². The van der Waals surface area contributed by atoms with Gasteiger partial charge in [-0.05, 0) is 36.8 Å². The van der Waals surface area contributed by atoms with Gasteiger partial charge in [0.2, 0.25) is 5.91 Å². The van der Waals surface area contributed by atoms with E-state index in [1.165, 1.54) is 40.6 Å². The van der Waals surface area contributed by atoms with E-state index in [4.69, 9.17) is 0 Å². The number of anilines is 1. The van der Waals surface area contributed by atoms with Crippen LogP contribution in [0, 0.1) is 12.7 Å². The van der Waals surface area contributed by atoms with Crippen LogP contribution >= 0.6 is 11.8 Å². The van der Waals surface area contributed by atoms with E-state index in [9.17, 15) is 14.0 Å². The topological polar surface area (TPSA) is 81.8 Å². The van der Waals surface area contributed by atoms with Gasteiger partial charge in [0.1, 0.15) is 11.3 Å². The van der Waals surface area contributed by atoms with Crippen LogP contribution in [0.2, 0.25) is 0 Å². The minimum absolute atomic E-state index is 0.0451. The molecule has 0 aliphatic heterocycles. The van der Waals surface area contributed by atoms with E-state index >= 15 is 0 Å². The van der Waals surface area contributed by atoms with Crippen molar-refractivity contribution in [2.45, 2.75) is 18.6 Å². The molecule has 31 heavy (non-hydrogen) atoms. The number of benzene rings is 2. The van der Waals surface area contributed by atoms with Gasteiger partial charge in [0, 0.05) is 12.7 Å². The van der Waals surface area contributed by atoms with Crippen LogP contribution in [0.4, 0.5) is 10.1 Å². The van der Waals surface area contributed by atoms with Crippen LogP contribution in [0.25, 0.3) is 11.0 Å². The maximum atomic E-state index is 13.1. The van der Waals surface area contributed by atoms with Crippen LogP contribution in [0.15, 0.2) is 64.7 Å². The van der Waals surface area contributed by atoms with Crippen molar-refractivity contribution in [3.63, 3.8) is 0 Å². The van der Waals surface area contributed by atoms with Gasteiger partial charge >= 0.3 is 0 Å². The number of nitrogens with one attached hydrogen (secondary N) is 1. The smallest absolute Gasteiger partial charge is 0.282 e. The van der Waals surface area contributed by atoms with E-state index in [0.717, 1.165) is 11.1 Å². The summed E-state index contributed by atoms with van der Waals surface area (Å²) in [6.07, 6.45) is 1.68. The first kappa shape index (κ1) is 20.8. The molecule has 0 fully saturated rings. The molecule has 0 saturated carbocycles. The van der Waals surface area contributed by atoms with E-state index in [0.29, 0.717) is 22.9 Å². The molecule has 0 radical (unpaired) electrons. The number of hydrogen-bond acceptors (Lipinski definition) is 5. The summed E-state index contributed by atoms with van der Waals surface area (Å²) in [6.45, 7) is 2.32. The van der Waals surface area contributed by atoms with Gasteiger partial charge in [-0.15, -0.1) is 0 Å². The molecular formula is C22H20FN5O2S. The molecule has 9 heteroatoms. The number of fused-ring (bicyclic) bond motifs is 1. The average Bonchev–Trinajstić information content (AvgIpc) is 3.12. The Bertz CT molecular complexity index is 1300. The lowest BCUT2D eigenvalue weighted by Gasteiger charge is -2.12. The second-order valence-electron chi connectivity index (χ2n) is 7.15. The first-order chi connectivity index (χ1) is 14.9. The lowest BCUT2D eigenvalue weighted by molar-refractivity contribution is -0.113. The molecule has 7 nitrogen and oxygen atoms in total. The largest absolute Gasteiger partial charge is 0.325 e. The summed E-state index contributed by atoms with van der Waals surface area (Å²) in [5.74, 6) is -0.607. The normalized spacial score (nSPS) is 11.1. The highest BCUT2D eigenvalue weighted by Crippen LogP contribution is 2.19. The number of rotatable bonds is 6. The van der Waals surface area contributed by atoms with Crippen molar-refractivity contribution >= 4 is 34.4 Å². The van der Waals surface area contributed by atoms with Gasteiger partial charge in [0.15, 0.2) is 10.7 Å². The third-order valence-corrected chi connectivity index (χ3v) is 5.60. The Hall–Kier alpha value is -3.46. The van der Waals surface area contributed by atoms with Gasteiger partial charge in [0.25, 0.3) is 5.56 Å². The van der Waals surface area contributed by atoms with Gasteiger partial charge in [0.05, 0.1) is 18.5 Å². The zero-order valence-corrected chi connectivity index (χ0v) is 17.8. The molecule has 0 aliphatic carbocycles. The molecule has 0 aliphatic rings. The predicted octanol–water partition coefficient (Wildman–Crippen LogP) is 3.36. The Morgan fingerprint density at radius 1 is 1.13 bits per heavy atom. The van der Waals surface area contributed by atoms with Gasteiger partial charge in [-0.25, -0.2) is 9.37 Å². The third kappa shape index (κ3) is 4.83. The lowest BCUT2D eigenvalue weighted by atomic mass is 10.1.